The molecule has 1 amide bonds. The zero-order chi connectivity index (χ0) is 18.5. The van der Waals surface area contributed by atoms with Crippen molar-refractivity contribution in [1.29, 1.82) is 0 Å². The average Bonchev–Trinajstić information content (AvgIpc) is 3.38. The van der Waals surface area contributed by atoms with Gasteiger partial charge in [-0.05, 0) is 31.0 Å². The van der Waals surface area contributed by atoms with Crippen LogP contribution in [-0.2, 0) is 16.1 Å². The van der Waals surface area contributed by atoms with Crippen molar-refractivity contribution >= 4 is 5.91 Å². The summed E-state index contributed by atoms with van der Waals surface area (Å²) in [6.45, 7) is 1.96. The number of fused-ring (bicyclic) bond motifs is 1. The molecule has 0 radical (unpaired) electrons. The number of carbonyl (C=O) groups excluding carboxylic acids is 1. The van der Waals surface area contributed by atoms with Crippen molar-refractivity contribution in [2.24, 2.45) is 0 Å². The lowest BCUT2D eigenvalue weighted by atomic mass is 10.1. The smallest absolute Gasteiger partial charge is 0.249 e. The molecule has 0 spiro atoms. The highest BCUT2D eigenvalue weighted by atomic mass is 16.5. The number of rotatable bonds is 7. The Kier molecular flexibility index (Phi) is 5.67. The Bertz CT molecular complexity index is 743. The first kappa shape index (κ1) is 18.0. The third kappa shape index (κ3) is 4.47. The maximum Gasteiger partial charge on any atom is 0.249 e. The number of pyridine rings is 1. The van der Waals surface area contributed by atoms with E-state index in [1.165, 1.54) is 12.8 Å². The molecule has 1 aliphatic carbocycles. The fraction of sp³-hybridized carbons (Fsp3) is 0.550. The standard InChI is InChI=1S/C20H26N4O3/c25-20(15-27-18-4-1-2-5-18)23-13-16-7-10-22-24(16)17(14-23)8-11-26-19-6-3-9-21-12-19/h3,6-7,9-10,12,17-18H,1-2,4-5,8,11,13-15H2/t17-/m1/s1. The van der Waals surface area contributed by atoms with E-state index in [0.717, 1.165) is 30.7 Å². The van der Waals surface area contributed by atoms with Crippen molar-refractivity contribution in [3.63, 3.8) is 0 Å². The molecule has 0 N–H and O–H groups in total. The Balaban J connectivity index is 1.33. The van der Waals surface area contributed by atoms with Crippen LogP contribution in [0, 0.1) is 0 Å². The van der Waals surface area contributed by atoms with E-state index in [1.807, 2.05) is 27.8 Å². The van der Waals surface area contributed by atoms with Gasteiger partial charge in [0.05, 0.1) is 37.2 Å². The maximum atomic E-state index is 12.7. The lowest BCUT2D eigenvalue weighted by Gasteiger charge is -2.34. The highest BCUT2D eigenvalue weighted by Crippen LogP contribution is 2.24. The molecule has 3 heterocycles. The Morgan fingerprint density at radius 1 is 1.22 bits per heavy atom. The summed E-state index contributed by atoms with van der Waals surface area (Å²) in [5, 5.41) is 4.45. The van der Waals surface area contributed by atoms with Gasteiger partial charge < -0.3 is 14.4 Å². The van der Waals surface area contributed by atoms with Gasteiger partial charge >= 0.3 is 0 Å². The molecule has 4 rings (SSSR count). The number of hydrogen-bond acceptors (Lipinski definition) is 5. The summed E-state index contributed by atoms with van der Waals surface area (Å²) in [5.74, 6) is 0.819. The molecular formula is C20H26N4O3. The third-order valence-corrected chi connectivity index (χ3v) is 5.33. The predicted molar refractivity (Wildman–Crippen MR) is 99.2 cm³/mol. The minimum Gasteiger partial charge on any atom is -0.492 e. The summed E-state index contributed by atoms with van der Waals surface area (Å²) in [6.07, 6.45) is 10.8. The molecule has 1 aliphatic heterocycles. The lowest BCUT2D eigenvalue weighted by Crippen LogP contribution is -2.43. The molecule has 2 aromatic rings. The first-order valence-electron chi connectivity index (χ1n) is 9.74. The molecule has 2 aliphatic rings. The number of hydrogen-bond donors (Lipinski definition) is 0. The Labute approximate surface area is 159 Å². The molecular weight excluding hydrogens is 344 g/mol. The number of carbonyl (C=O) groups is 1. The molecule has 0 saturated heterocycles. The first-order valence-corrected chi connectivity index (χ1v) is 9.74. The van der Waals surface area contributed by atoms with Gasteiger partial charge in [-0.1, -0.05) is 12.8 Å². The number of ether oxygens (including phenoxy) is 2. The molecule has 0 aromatic carbocycles. The van der Waals surface area contributed by atoms with Crippen LogP contribution in [0.3, 0.4) is 0 Å². The highest BCUT2D eigenvalue weighted by Gasteiger charge is 2.29. The summed E-state index contributed by atoms with van der Waals surface area (Å²) < 4.78 is 13.6. The maximum absolute atomic E-state index is 12.7. The van der Waals surface area contributed by atoms with Crippen LogP contribution in [0.25, 0.3) is 0 Å². The van der Waals surface area contributed by atoms with Crippen molar-refractivity contribution in [3.8, 4) is 5.75 Å². The predicted octanol–water partition coefficient (Wildman–Crippen LogP) is 2.59. The van der Waals surface area contributed by atoms with Gasteiger partial charge in [0.25, 0.3) is 0 Å². The second kappa shape index (κ2) is 8.52. The Morgan fingerprint density at radius 3 is 2.93 bits per heavy atom. The zero-order valence-corrected chi connectivity index (χ0v) is 15.5. The average molecular weight is 370 g/mol. The molecule has 27 heavy (non-hydrogen) atoms. The molecule has 1 fully saturated rings. The van der Waals surface area contributed by atoms with Gasteiger partial charge in [-0.3, -0.25) is 14.5 Å². The minimum absolute atomic E-state index is 0.0625. The van der Waals surface area contributed by atoms with E-state index in [-0.39, 0.29) is 24.7 Å². The van der Waals surface area contributed by atoms with E-state index in [2.05, 4.69) is 10.1 Å². The van der Waals surface area contributed by atoms with E-state index in [9.17, 15) is 4.79 Å². The normalized spacial score (nSPS) is 19.9. The third-order valence-electron chi connectivity index (χ3n) is 5.33. The molecule has 7 heteroatoms. The second-order valence-corrected chi connectivity index (χ2v) is 7.24. The van der Waals surface area contributed by atoms with Gasteiger partial charge in [0.1, 0.15) is 12.4 Å². The summed E-state index contributed by atoms with van der Waals surface area (Å²) in [4.78, 5) is 18.6. The summed E-state index contributed by atoms with van der Waals surface area (Å²) >= 11 is 0. The lowest BCUT2D eigenvalue weighted by molar-refractivity contribution is -0.140. The van der Waals surface area contributed by atoms with E-state index < -0.39 is 0 Å². The first-order chi connectivity index (χ1) is 13.3. The molecule has 2 aromatic heterocycles. The minimum atomic E-state index is 0.0625. The second-order valence-electron chi connectivity index (χ2n) is 7.24. The molecule has 0 bridgehead atoms. The van der Waals surface area contributed by atoms with Crippen LogP contribution < -0.4 is 4.74 Å². The SMILES string of the molecule is O=C(COC1CCCC1)N1Cc2ccnn2[C@H](CCOc2cccnc2)C1. The number of nitrogens with zero attached hydrogens (tertiary/aromatic N) is 4. The van der Waals surface area contributed by atoms with Gasteiger partial charge in [0.2, 0.25) is 5.91 Å². The quantitative estimate of drug-likeness (QED) is 0.749. The van der Waals surface area contributed by atoms with Crippen molar-refractivity contribution in [1.82, 2.24) is 19.7 Å². The summed E-state index contributed by atoms with van der Waals surface area (Å²) in [6, 6.07) is 5.83. The molecule has 0 unspecified atom stereocenters. The van der Waals surface area contributed by atoms with E-state index in [1.54, 1.807) is 18.6 Å². The fourth-order valence-corrected chi connectivity index (χ4v) is 3.87. The molecule has 1 saturated carbocycles. The fourth-order valence-electron chi connectivity index (χ4n) is 3.87. The Morgan fingerprint density at radius 2 is 2.11 bits per heavy atom. The van der Waals surface area contributed by atoms with Gasteiger partial charge in [-0.2, -0.15) is 5.10 Å². The summed E-state index contributed by atoms with van der Waals surface area (Å²) in [5.41, 5.74) is 1.06. The van der Waals surface area contributed by atoms with Crippen LogP contribution in [-0.4, -0.2) is 51.4 Å². The van der Waals surface area contributed by atoms with Gasteiger partial charge in [0.15, 0.2) is 0 Å². The van der Waals surface area contributed by atoms with Crippen molar-refractivity contribution < 1.29 is 14.3 Å². The van der Waals surface area contributed by atoms with Crippen LogP contribution in [0.15, 0.2) is 36.8 Å². The molecule has 1 atom stereocenters. The van der Waals surface area contributed by atoms with Crippen LogP contribution in [0.5, 0.6) is 5.75 Å². The molecule has 7 nitrogen and oxygen atoms in total. The summed E-state index contributed by atoms with van der Waals surface area (Å²) in [7, 11) is 0. The van der Waals surface area contributed by atoms with Gasteiger partial charge in [-0.15, -0.1) is 0 Å². The number of aromatic nitrogens is 3. The van der Waals surface area contributed by atoms with Gasteiger partial charge in [0, 0.05) is 25.4 Å². The largest absolute Gasteiger partial charge is 0.492 e. The monoisotopic (exact) mass is 370 g/mol. The Hall–Kier alpha value is -2.41. The number of amides is 1. The van der Waals surface area contributed by atoms with Crippen LogP contribution in [0.4, 0.5) is 0 Å². The van der Waals surface area contributed by atoms with Gasteiger partial charge in [-0.25, -0.2) is 0 Å². The highest BCUT2D eigenvalue weighted by molar-refractivity contribution is 5.77. The van der Waals surface area contributed by atoms with Crippen LogP contribution in [0.2, 0.25) is 0 Å². The van der Waals surface area contributed by atoms with Crippen LogP contribution >= 0.6 is 0 Å². The molecule has 144 valence electrons. The van der Waals surface area contributed by atoms with Crippen molar-refractivity contribution in [2.45, 2.75) is 50.8 Å². The van der Waals surface area contributed by atoms with E-state index in [0.29, 0.717) is 19.7 Å². The van der Waals surface area contributed by atoms with Crippen molar-refractivity contribution in [3.05, 3.63) is 42.5 Å². The topological polar surface area (TPSA) is 69.5 Å². The van der Waals surface area contributed by atoms with Crippen LogP contribution in [0.1, 0.15) is 43.8 Å². The zero-order valence-electron chi connectivity index (χ0n) is 15.5. The van der Waals surface area contributed by atoms with E-state index in [4.69, 9.17) is 9.47 Å². The van der Waals surface area contributed by atoms with E-state index >= 15 is 0 Å². The van der Waals surface area contributed by atoms with Crippen molar-refractivity contribution in [2.75, 3.05) is 19.8 Å².